The molecule has 3 N–H and O–H groups in total. The number of nitrogens with one attached hydrogen (secondary N) is 2. The molecule has 2 unspecified atom stereocenters. The van der Waals surface area contributed by atoms with Crippen molar-refractivity contribution < 1.29 is 33.5 Å². The van der Waals surface area contributed by atoms with Gasteiger partial charge in [0.05, 0.1) is 12.8 Å². The second-order valence-electron chi connectivity index (χ2n) is 7.74. The smallest absolute Gasteiger partial charge is 0.305 e. The molecule has 1 aliphatic rings. The van der Waals surface area contributed by atoms with Gasteiger partial charge in [0.2, 0.25) is 5.60 Å². The number of carbonyl (C=O) groups is 4. The number of rotatable bonds is 10. The minimum absolute atomic E-state index is 0.0496. The number of carboxylic acid groups (broad SMARTS) is 1. The molecule has 10 heteroatoms. The van der Waals surface area contributed by atoms with Crippen LogP contribution >= 0.6 is 0 Å². The number of nitrogens with zero attached hydrogens (tertiary/aromatic N) is 1. The lowest BCUT2D eigenvalue weighted by Gasteiger charge is -2.26. The molecule has 1 heterocycles. The second-order valence-corrected chi connectivity index (χ2v) is 7.74. The molecule has 3 rings (SSSR count). The van der Waals surface area contributed by atoms with Crippen LogP contribution < -0.4 is 10.6 Å². The maximum absolute atomic E-state index is 12.9. The van der Waals surface area contributed by atoms with E-state index in [9.17, 15) is 23.6 Å². The molecule has 2 aromatic carbocycles. The monoisotopic (exact) mass is 469 g/mol. The van der Waals surface area contributed by atoms with Crippen LogP contribution in [-0.2, 0) is 24.0 Å². The highest BCUT2D eigenvalue weighted by Crippen LogP contribution is 2.31. The van der Waals surface area contributed by atoms with Gasteiger partial charge < -0.3 is 20.6 Å². The summed E-state index contributed by atoms with van der Waals surface area (Å²) in [6.07, 6.45) is -0.916. The third kappa shape index (κ3) is 5.45. The Labute approximate surface area is 195 Å². The first-order valence-corrected chi connectivity index (χ1v) is 10.6. The van der Waals surface area contributed by atoms with Crippen LogP contribution in [0.25, 0.3) is 11.1 Å². The van der Waals surface area contributed by atoms with E-state index < -0.39 is 48.3 Å². The summed E-state index contributed by atoms with van der Waals surface area (Å²) in [6.45, 7) is 0.188. The first-order valence-electron chi connectivity index (χ1n) is 10.6. The number of anilines is 1. The lowest BCUT2D eigenvalue weighted by Crippen LogP contribution is -2.53. The van der Waals surface area contributed by atoms with Gasteiger partial charge in [-0.25, -0.2) is 4.39 Å². The van der Waals surface area contributed by atoms with Gasteiger partial charge in [-0.3, -0.25) is 19.2 Å². The molecule has 0 saturated heterocycles. The van der Waals surface area contributed by atoms with Crippen LogP contribution in [0.15, 0.2) is 59.8 Å². The van der Waals surface area contributed by atoms with E-state index in [1.165, 1.54) is 0 Å². The van der Waals surface area contributed by atoms with Gasteiger partial charge >= 0.3 is 5.97 Å². The van der Waals surface area contributed by atoms with Crippen molar-refractivity contribution in [2.45, 2.75) is 37.8 Å². The van der Waals surface area contributed by atoms with E-state index in [1.54, 1.807) is 19.1 Å². The Morgan fingerprint density at radius 2 is 1.79 bits per heavy atom. The molecule has 2 amide bonds. The normalized spacial score (nSPS) is 17.8. The zero-order chi connectivity index (χ0) is 24.7. The molecular formula is C24H24FN3O6. The molecule has 0 aliphatic carbocycles. The molecule has 0 saturated carbocycles. The molecule has 9 nitrogen and oxygen atoms in total. The number of para-hydroxylation sites is 1. The largest absolute Gasteiger partial charge is 0.481 e. The fraction of sp³-hybridized carbons (Fsp3) is 0.292. The first-order chi connectivity index (χ1) is 16.3. The minimum atomic E-state index is -1.63. The molecule has 0 fully saturated rings. The predicted octanol–water partition coefficient (Wildman–Crippen LogP) is 2.72. The maximum Gasteiger partial charge on any atom is 0.305 e. The molecule has 34 heavy (non-hydrogen) atoms. The van der Waals surface area contributed by atoms with Crippen molar-refractivity contribution in [2.75, 3.05) is 12.0 Å². The van der Waals surface area contributed by atoms with Gasteiger partial charge in [0, 0.05) is 11.3 Å². The molecule has 1 aliphatic heterocycles. The highest BCUT2D eigenvalue weighted by Gasteiger charge is 2.47. The number of halogens is 1. The average molecular weight is 469 g/mol. The van der Waals surface area contributed by atoms with Crippen molar-refractivity contribution in [3.8, 4) is 11.1 Å². The summed E-state index contributed by atoms with van der Waals surface area (Å²) in [6, 6.07) is 15.1. The van der Waals surface area contributed by atoms with E-state index in [-0.39, 0.29) is 18.6 Å². The summed E-state index contributed by atoms with van der Waals surface area (Å²) < 4.78 is 12.8. The summed E-state index contributed by atoms with van der Waals surface area (Å²) in [4.78, 5) is 53.8. The summed E-state index contributed by atoms with van der Waals surface area (Å²) >= 11 is 0. The number of aliphatic carboxylic acids is 1. The number of carboxylic acids is 1. The Morgan fingerprint density at radius 1 is 1.12 bits per heavy atom. The molecule has 178 valence electrons. The van der Waals surface area contributed by atoms with Crippen molar-refractivity contribution in [3.63, 3.8) is 0 Å². The lowest BCUT2D eigenvalue weighted by molar-refractivity contribution is -0.148. The van der Waals surface area contributed by atoms with Gasteiger partial charge in [0.25, 0.3) is 11.8 Å². The average Bonchev–Trinajstić information content (AvgIpc) is 3.30. The quantitative estimate of drug-likeness (QED) is 0.490. The summed E-state index contributed by atoms with van der Waals surface area (Å²) in [7, 11) is 0. The lowest BCUT2D eigenvalue weighted by atomic mass is 9.92. The summed E-state index contributed by atoms with van der Waals surface area (Å²) in [5.74, 6) is -3.87. The topological polar surface area (TPSA) is 134 Å². The fourth-order valence-corrected chi connectivity index (χ4v) is 3.53. The van der Waals surface area contributed by atoms with Gasteiger partial charge in [-0.05, 0) is 18.1 Å². The third-order valence-corrected chi connectivity index (χ3v) is 5.50. The number of alkyl halides is 1. The van der Waals surface area contributed by atoms with Gasteiger partial charge in [0.1, 0.15) is 18.4 Å². The number of Topliss-reactive ketones (excluding diaryl/α,β-unsaturated/α-hetero) is 1. The number of hydrogen-bond donors (Lipinski definition) is 3. The zero-order valence-corrected chi connectivity index (χ0v) is 18.4. The molecule has 0 bridgehead atoms. The van der Waals surface area contributed by atoms with E-state index in [0.717, 1.165) is 11.1 Å². The number of ketones is 1. The van der Waals surface area contributed by atoms with Crippen molar-refractivity contribution in [3.05, 3.63) is 54.6 Å². The van der Waals surface area contributed by atoms with Crippen molar-refractivity contribution in [2.24, 2.45) is 5.16 Å². The number of carbonyl (C=O) groups excluding carboxylic acids is 3. The third-order valence-electron chi connectivity index (χ3n) is 5.50. The number of benzene rings is 2. The minimum Gasteiger partial charge on any atom is -0.481 e. The van der Waals surface area contributed by atoms with E-state index in [0.29, 0.717) is 5.69 Å². The molecule has 2 aromatic rings. The Morgan fingerprint density at radius 3 is 2.44 bits per heavy atom. The number of amides is 2. The van der Waals surface area contributed by atoms with Crippen LogP contribution in [0.4, 0.5) is 10.1 Å². The van der Waals surface area contributed by atoms with E-state index >= 15 is 0 Å². The maximum atomic E-state index is 12.9. The molecule has 0 radical (unpaired) electrons. The van der Waals surface area contributed by atoms with Gasteiger partial charge in [-0.15, -0.1) is 0 Å². The predicted molar refractivity (Wildman–Crippen MR) is 122 cm³/mol. The fourth-order valence-electron chi connectivity index (χ4n) is 3.53. The number of oxime groups is 1. The van der Waals surface area contributed by atoms with Crippen LogP contribution in [0.5, 0.6) is 0 Å². The van der Waals surface area contributed by atoms with E-state index in [2.05, 4.69) is 15.8 Å². The van der Waals surface area contributed by atoms with E-state index in [4.69, 9.17) is 9.94 Å². The highest BCUT2D eigenvalue weighted by molar-refractivity contribution is 6.44. The Bertz CT molecular complexity index is 1120. The highest BCUT2D eigenvalue weighted by atomic mass is 19.1. The van der Waals surface area contributed by atoms with Gasteiger partial charge in [0.15, 0.2) is 5.78 Å². The van der Waals surface area contributed by atoms with Crippen molar-refractivity contribution in [1.29, 1.82) is 0 Å². The standard InChI is InChI=1S/C24H24FN3O6/c1-2-24(23(33)27-18(12-21(30)31)20(29)14-25)13-19(28-34-24)22(32)26-17-11-7-6-10-16(17)15-8-4-3-5-9-15/h3-11,18H,2,12-14H2,1H3,(H,26,32)(H,27,33)(H,30,31). The zero-order valence-electron chi connectivity index (χ0n) is 18.4. The Balaban J connectivity index is 1.73. The number of hydrogen-bond acceptors (Lipinski definition) is 6. The Hall–Kier alpha value is -4.08. The van der Waals surface area contributed by atoms with E-state index in [1.807, 2.05) is 42.5 Å². The van der Waals surface area contributed by atoms with Crippen LogP contribution in [0, 0.1) is 0 Å². The van der Waals surface area contributed by atoms with Crippen LogP contribution in [0.3, 0.4) is 0 Å². The molecule has 0 aromatic heterocycles. The first kappa shape index (κ1) is 24.6. The van der Waals surface area contributed by atoms with Gasteiger partial charge in [-0.1, -0.05) is 60.6 Å². The molecular weight excluding hydrogens is 445 g/mol. The molecule has 0 spiro atoms. The second kappa shape index (κ2) is 10.7. The van der Waals surface area contributed by atoms with Gasteiger partial charge in [-0.2, -0.15) is 0 Å². The molecule has 2 atom stereocenters. The van der Waals surface area contributed by atoms with Crippen LogP contribution in [0.2, 0.25) is 0 Å². The van der Waals surface area contributed by atoms with Crippen LogP contribution in [-0.4, -0.2) is 52.7 Å². The summed E-state index contributed by atoms with van der Waals surface area (Å²) in [5, 5.41) is 17.8. The van der Waals surface area contributed by atoms with Crippen LogP contribution in [0.1, 0.15) is 26.2 Å². The van der Waals surface area contributed by atoms with Crippen molar-refractivity contribution >= 4 is 35.0 Å². The van der Waals surface area contributed by atoms with Crippen molar-refractivity contribution in [1.82, 2.24) is 5.32 Å². The summed E-state index contributed by atoms with van der Waals surface area (Å²) in [5.41, 5.74) is 0.546. The Kier molecular flexibility index (Phi) is 7.72. The SMILES string of the molecule is CCC1(C(=O)NC(CC(=O)O)C(=O)CF)CC(C(=O)Nc2ccccc2-c2ccccc2)=NO1.